The molecule has 2 aromatic rings. The van der Waals surface area contributed by atoms with Crippen LogP contribution in [0.3, 0.4) is 0 Å². The molecule has 29 heavy (non-hydrogen) atoms. The van der Waals surface area contributed by atoms with Gasteiger partial charge in [0.05, 0.1) is 5.92 Å². The maximum atomic E-state index is 13.3. The SMILES string of the molecule is Cc1nccn1C[C@H](C)C(=O)N1CC[C@H](c2nc(C(C)C)cc(C(F)(F)F)n2)C1. The fraction of sp³-hybridized carbons (Fsp3) is 0.600. The van der Waals surface area contributed by atoms with Crippen LogP contribution in [0.4, 0.5) is 13.2 Å². The minimum absolute atomic E-state index is 0.0170. The molecule has 9 heteroatoms. The summed E-state index contributed by atoms with van der Waals surface area (Å²) in [5.74, 6) is 0.308. The largest absolute Gasteiger partial charge is 0.433 e. The summed E-state index contributed by atoms with van der Waals surface area (Å²) in [5, 5.41) is 0. The third-order valence-corrected chi connectivity index (χ3v) is 5.33. The van der Waals surface area contributed by atoms with E-state index in [1.54, 1.807) is 24.9 Å². The van der Waals surface area contributed by atoms with Gasteiger partial charge in [0, 0.05) is 43.6 Å². The Labute approximate surface area is 168 Å². The minimum Gasteiger partial charge on any atom is -0.342 e. The van der Waals surface area contributed by atoms with Crippen molar-refractivity contribution < 1.29 is 18.0 Å². The second kappa shape index (κ2) is 8.12. The Morgan fingerprint density at radius 2 is 2.00 bits per heavy atom. The third-order valence-electron chi connectivity index (χ3n) is 5.33. The summed E-state index contributed by atoms with van der Waals surface area (Å²) < 4.78 is 41.7. The van der Waals surface area contributed by atoms with Gasteiger partial charge in [0.1, 0.15) is 17.3 Å². The zero-order valence-corrected chi connectivity index (χ0v) is 17.1. The molecule has 3 rings (SSSR count). The summed E-state index contributed by atoms with van der Waals surface area (Å²) in [6, 6.07) is 1.02. The van der Waals surface area contributed by atoms with Crippen LogP contribution < -0.4 is 0 Å². The van der Waals surface area contributed by atoms with Gasteiger partial charge >= 0.3 is 6.18 Å². The van der Waals surface area contributed by atoms with Gasteiger partial charge in [0.2, 0.25) is 5.91 Å². The molecule has 2 atom stereocenters. The maximum Gasteiger partial charge on any atom is 0.433 e. The predicted molar refractivity (Wildman–Crippen MR) is 101 cm³/mol. The fourth-order valence-electron chi connectivity index (χ4n) is 3.56. The van der Waals surface area contributed by atoms with E-state index in [4.69, 9.17) is 0 Å². The number of carbonyl (C=O) groups is 1. The average molecular weight is 409 g/mol. The number of imidazole rings is 1. The number of nitrogens with zero attached hydrogens (tertiary/aromatic N) is 5. The van der Waals surface area contributed by atoms with Crippen LogP contribution in [0.1, 0.15) is 62.1 Å². The number of hydrogen-bond acceptors (Lipinski definition) is 4. The molecule has 0 unspecified atom stereocenters. The molecule has 1 aliphatic rings. The normalized spacial score (nSPS) is 18.5. The molecule has 0 bridgehead atoms. The number of alkyl halides is 3. The molecule has 2 aromatic heterocycles. The van der Waals surface area contributed by atoms with Crippen LogP contribution in [0.2, 0.25) is 0 Å². The van der Waals surface area contributed by atoms with Crippen molar-refractivity contribution in [2.75, 3.05) is 13.1 Å². The zero-order valence-electron chi connectivity index (χ0n) is 17.1. The van der Waals surface area contributed by atoms with Gasteiger partial charge in [0.15, 0.2) is 0 Å². The highest BCUT2D eigenvalue weighted by molar-refractivity contribution is 5.78. The number of hydrogen-bond donors (Lipinski definition) is 0. The van der Waals surface area contributed by atoms with Crippen LogP contribution in [0.5, 0.6) is 0 Å². The summed E-state index contributed by atoms with van der Waals surface area (Å²) >= 11 is 0. The summed E-state index contributed by atoms with van der Waals surface area (Å²) in [4.78, 5) is 26.9. The van der Waals surface area contributed by atoms with Gasteiger partial charge in [-0.2, -0.15) is 13.2 Å². The van der Waals surface area contributed by atoms with Crippen molar-refractivity contribution in [3.8, 4) is 0 Å². The standard InChI is InChI=1S/C20H26F3N5O/c1-12(2)16-9-17(20(21,22)23)26-18(25-16)15-5-7-28(11-15)19(29)13(3)10-27-8-6-24-14(27)4/h6,8-9,12-13,15H,5,7,10-11H2,1-4H3/t13-,15-/m0/s1. The van der Waals surface area contributed by atoms with E-state index in [9.17, 15) is 18.0 Å². The molecule has 0 aliphatic carbocycles. The Hall–Kier alpha value is -2.45. The number of rotatable bonds is 5. The molecule has 0 saturated carbocycles. The highest BCUT2D eigenvalue weighted by Crippen LogP contribution is 2.32. The van der Waals surface area contributed by atoms with E-state index in [1.165, 1.54) is 0 Å². The number of halogens is 3. The van der Waals surface area contributed by atoms with Gasteiger partial charge in [-0.1, -0.05) is 20.8 Å². The molecule has 0 N–H and O–H groups in total. The van der Waals surface area contributed by atoms with E-state index in [1.807, 2.05) is 24.6 Å². The van der Waals surface area contributed by atoms with Crippen molar-refractivity contribution in [2.45, 2.75) is 58.7 Å². The summed E-state index contributed by atoms with van der Waals surface area (Å²) in [6.07, 6.45) is -0.445. The van der Waals surface area contributed by atoms with Gasteiger partial charge in [0.25, 0.3) is 0 Å². The van der Waals surface area contributed by atoms with E-state index >= 15 is 0 Å². The molecule has 1 saturated heterocycles. The molecule has 6 nitrogen and oxygen atoms in total. The Kier molecular flexibility index (Phi) is 5.95. The van der Waals surface area contributed by atoms with Crippen LogP contribution in [-0.4, -0.2) is 43.4 Å². The molecular formula is C20H26F3N5O. The second-order valence-electron chi connectivity index (χ2n) is 7.99. The fourth-order valence-corrected chi connectivity index (χ4v) is 3.56. The van der Waals surface area contributed by atoms with Gasteiger partial charge < -0.3 is 9.47 Å². The lowest BCUT2D eigenvalue weighted by Crippen LogP contribution is -2.35. The van der Waals surface area contributed by atoms with Crippen LogP contribution >= 0.6 is 0 Å². The summed E-state index contributed by atoms with van der Waals surface area (Å²) in [5.41, 5.74) is -0.545. The highest BCUT2D eigenvalue weighted by Gasteiger charge is 2.36. The van der Waals surface area contributed by atoms with Crippen molar-refractivity contribution in [2.24, 2.45) is 5.92 Å². The Morgan fingerprint density at radius 1 is 1.28 bits per heavy atom. The van der Waals surface area contributed by atoms with Crippen molar-refractivity contribution in [3.63, 3.8) is 0 Å². The molecule has 0 spiro atoms. The first-order valence-corrected chi connectivity index (χ1v) is 9.78. The van der Waals surface area contributed by atoms with Crippen LogP contribution in [0.15, 0.2) is 18.5 Å². The van der Waals surface area contributed by atoms with Crippen molar-refractivity contribution in [1.82, 2.24) is 24.4 Å². The number of likely N-dealkylation sites (tertiary alicyclic amines) is 1. The van der Waals surface area contributed by atoms with Gasteiger partial charge in [-0.3, -0.25) is 4.79 Å². The quantitative estimate of drug-likeness (QED) is 0.754. The van der Waals surface area contributed by atoms with E-state index in [2.05, 4.69) is 15.0 Å². The third kappa shape index (κ3) is 4.76. The number of aromatic nitrogens is 4. The first-order valence-electron chi connectivity index (χ1n) is 9.78. The molecule has 3 heterocycles. The summed E-state index contributed by atoms with van der Waals surface area (Å²) in [7, 11) is 0. The van der Waals surface area contributed by atoms with Crippen molar-refractivity contribution in [1.29, 1.82) is 0 Å². The Morgan fingerprint density at radius 3 is 2.59 bits per heavy atom. The van der Waals surface area contributed by atoms with Gasteiger partial charge in [-0.05, 0) is 25.3 Å². The zero-order chi connectivity index (χ0) is 21.3. The number of aryl methyl sites for hydroxylation is 1. The van der Waals surface area contributed by atoms with Crippen LogP contribution in [-0.2, 0) is 17.5 Å². The topological polar surface area (TPSA) is 63.9 Å². The molecule has 1 aliphatic heterocycles. The van der Waals surface area contributed by atoms with E-state index in [0.717, 1.165) is 11.9 Å². The molecule has 1 amide bonds. The highest BCUT2D eigenvalue weighted by atomic mass is 19.4. The molecule has 1 fully saturated rings. The van der Waals surface area contributed by atoms with Crippen LogP contribution in [0.25, 0.3) is 0 Å². The Balaban J connectivity index is 1.74. The van der Waals surface area contributed by atoms with Crippen molar-refractivity contribution in [3.05, 3.63) is 41.5 Å². The second-order valence-corrected chi connectivity index (χ2v) is 7.99. The number of carbonyl (C=O) groups excluding carboxylic acids is 1. The monoisotopic (exact) mass is 409 g/mol. The molecule has 0 radical (unpaired) electrons. The van der Waals surface area contributed by atoms with E-state index in [0.29, 0.717) is 31.7 Å². The summed E-state index contributed by atoms with van der Waals surface area (Å²) in [6.45, 7) is 8.68. The average Bonchev–Trinajstić information content (AvgIpc) is 3.29. The first kappa shape index (κ1) is 21.3. The molecule has 0 aromatic carbocycles. The lowest BCUT2D eigenvalue weighted by Gasteiger charge is -2.22. The van der Waals surface area contributed by atoms with Crippen LogP contribution in [0, 0.1) is 12.8 Å². The van der Waals surface area contributed by atoms with E-state index in [-0.39, 0.29) is 29.5 Å². The van der Waals surface area contributed by atoms with Gasteiger partial charge in [-0.25, -0.2) is 15.0 Å². The molecule has 158 valence electrons. The maximum absolute atomic E-state index is 13.3. The van der Waals surface area contributed by atoms with E-state index < -0.39 is 11.9 Å². The van der Waals surface area contributed by atoms with Crippen molar-refractivity contribution >= 4 is 5.91 Å². The smallest absolute Gasteiger partial charge is 0.342 e. The minimum atomic E-state index is -4.52. The Bertz CT molecular complexity index is 877. The molecular weight excluding hydrogens is 383 g/mol. The lowest BCUT2D eigenvalue weighted by molar-refractivity contribution is -0.141. The predicted octanol–water partition coefficient (Wildman–Crippen LogP) is 3.78. The van der Waals surface area contributed by atoms with Gasteiger partial charge in [-0.15, -0.1) is 0 Å². The lowest BCUT2D eigenvalue weighted by atomic mass is 10.1. The first-order chi connectivity index (χ1) is 13.6. The number of amides is 1.